The molecule has 0 saturated carbocycles. The van der Waals surface area contributed by atoms with E-state index in [-0.39, 0.29) is 12.5 Å². The standard InChI is InChI=1S/C20H21NO4/c1-14(24-16-9-4-3-5-10-16)19(22)21-13-20(2,23)18-12-15-8-6-7-11-17(15)25-18/h3-12,14,23H,13H2,1-2H3,(H,21,22)/t14-,20-/m0/s1. The molecule has 1 heterocycles. The van der Waals surface area contributed by atoms with Gasteiger partial charge in [0.1, 0.15) is 22.7 Å². The average Bonchev–Trinajstić information content (AvgIpc) is 3.06. The SMILES string of the molecule is C[C@H](Oc1ccccc1)C(=O)NC[C@](C)(O)c1cc2ccccc2o1. The molecule has 0 aliphatic carbocycles. The predicted molar refractivity (Wildman–Crippen MR) is 95.3 cm³/mol. The van der Waals surface area contributed by atoms with E-state index >= 15 is 0 Å². The predicted octanol–water partition coefficient (Wildman–Crippen LogP) is 3.22. The lowest BCUT2D eigenvalue weighted by molar-refractivity contribution is -0.128. The number of furan rings is 1. The molecule has 2 atom stereocenters. The molecule has 0 aliphatic rings. The Morgan fingerprint density at radius 3 is 2.60 bits per heavy atom. The number of ether oxygens (including phenoxy) is 1. The van der Waals surface area contributed by atoms with Crippen LogP contribution in [0.25, 0.3) is 11.0 Å². The largest absolute Gasteiger partial charge is 0.481 e. The summed E-state index contributed by atoms with van der Waals surface area (Å²) >= 11 is 0. The lowest BCUT2D eigenvalue weighted by Gasteiger charge is -2.22. The van der Waals surface area contributed by atoms with Crippen molar-refractivity contribution in [3.05, 3.63) is 66.4 Å². The molecule has 5 heteroatoms. The van der Waals surface area contributed by atoms with Gasteiger partial charge in [-0.05, 0) is 38.1 Å². The normalized spacial score (nSPS) is 14.7. The Balaban J connectivity index is 1.62. The molecule has 2 aromatic carbocycles. The fourth-order valence-corrected chi connectivity index (χ4v) is 2.49. The van der Waals surface area contributed by atoms with Crippen molar-refractivity contribution >= 4 is 16.9 Å². The monoisotopic (exact) mass is 339 g/mol. The first kappa shape index (κ1) is 17.0. The minimum absolute atomic E-state index is 0.0220. The highest BCUT2D eigenvalue weighted by atomic mass is 16.5. The topological polar surface area (TPSA) is 71.7 Å². The van der Waals surface area contributed by atoms with Gasteiger partial charge in [-0.15, -0.1) is 0 Å². The third kappa shape index (κ3) is 4.00. The van der Waals surface area contributed by atoms with E-state index in [4.69, 9.17) is 9.15 Å². The molecule has 3 rings (SSSR count). The highest BCUT2D eigenvalue weighted by Gasteiger charge is 2.29. The number of hydrogen-bond donors (Lipinski definition) is 2. The van der Waals surface area contributed by atoms with Crippen LogP contribution in [0.3, 0.4) is 0 Å². The van der Waals surface area contributed by atoms with Gasteiger partial charge in [0.2, 0.25) is 0 Å². The van der Waals surface area contributed by atoms with Crippen LogP contribution in [0.4, 0.5) is 0 Å². The smallest absolute Gasteiger partial charge is 0.260 e. The van der Waals surface area contributed by atoms with Gasteiger partial charge in [0.15, 0.2) is 6.10 Å². The summed E-state index contributed by atoms with van der Waals surface area (Å²) < 4.78 is 11.3. The lowest BCUT2D eigenvalue weighted by atomic mass is 10.0. The lowest BCUT2D eigenvalue weighted by Crippen LogP contribution is -2.43. The van der Waals surface area contributed by atoms with Crippen LogP contribution in [0.5, 0.6) is 5.75 Å². The first-order chi connectivity index (χ1) is 12.0. The summed E-state index contributed by atoms with van der Waals surface area (Å²) in [7, 11) is 0. The maximum absolute atomic E-state index is 12.2. The first-order valence-corrected chi connectivity index (χ1v) is 8.16. The van der Waals surface area contributed by atoms with Gasteiger partial charge in [-0.3, -0.25) is 4.79 Å². The van der Waals surface area contributed by atoms with Crippen molar-refractivity contribution < 1.29 is 19.1 Å². The number of amides is 1. The second-order valence-corrected chi connectivity index (χ2v) is 6.21. The van der Waals surface area contributed by atoms with Crippen molar-refractivity contribution in [2.45, 2.75) is 25.6 Å². The number of carbonyl (C=O) groups excluding carboxylic acids is 1. The minimum Gasteiger partial charge on any atom is -0.481 e. The van der Waals surface area contributed by atoms with Gasteiger partial charge >= 0.3 is 0 Å². The number of carbonyl (C=O) groups is 1. The van der Waals surface area contributed by atoms with E-state index in [1.807, 2.05) is 42.5 Å². The molecule has 25 heavy (non-hydrogen) atoms. The van der Waals surface area contributed by atoms with Gasteiger partial charge in [-0.1, -0.05) is 36.4 Å². The molecule has 0 fully saturated rings. The van der Waals surface area contributed by atoms with E-state index in [0.717, 1.165) is 5.39 Å². The zero-order valence-corrected chi connectivity index (χ0v) is 14.2. The van der Waals surface area contributed by atoms with Crippen LogP contribution in [-0.4, -0.2) is 23.7 Å². The molecule has 3 aromatic rings. The maximum atomic E-state index is 12.2. The molecular formula is C20H21NO4. The molecular weight excluding hydrogens is 318 g/mol. The van der Waals surface area contributed by atoms with Crippen LogP contribution in [-0.2, 0) is 10.4 Å². The third-order valence-corrected chi connectivity index (χ3v) is 3.99. The Bertz CT molecular complexity index is 821. The zero-order valence-electron chi connectivity index (χ0n) is 14.2. The van der Waals surface area contributed by atoms with Crippen molar-refractivity contribution in [1.29, 1.82) is 0 Å². The van der Waals surface area contributed by atoms with Crippen LogP contribution < -0.4 is 10.1 Å². The van der Waals surface area contributed by atoms with Gasteiger partial charge in [0, 0.05) is 5.39 Å². The van der Waals surface area contributed by atoms with Crippen molar-refractivity contribution in [3.8, 4) is 5.75 Å². The molecule has 0 spiro atoms. The highest BCUT2D eigenvalue weighted by molar-refractivity contribution is 5.81. The summed E-state index contributed by atoms with van der Waals surface area (Å²) in [5.41, 5.74) is -0.619. The Labute approximate surface area is 146 Å². The van der Waals surface area contributed by atoms with E-state index in [0.29, 0.717) is 17.1 Å². The Hall–Kier alpha value is -2.79. The molecule has 0 bridgehead atoms. The van der Waals surface area contributed by atoms with Gasteiger partial charge in [0.05, 0.1) is 6.54 Å². The van der Waals surface area contributed by atoms with Gasteiger partial charge in [-0.25, -0.2) is 0 Å². The minimum atomic E-state index is -1.32. The van der Waals surface area contributed by atoms with E-state index in [9.17, 15) is 9.90 Å². The number of para-hydroxylation sites is 2. The summed E-state index contributed by atoms with van der Waals surface area (Å²) in [6.45, 7) is 3.29. The van der Waals surface area contributed by atoms with Crippen LogP contribution in [0.15, 0.2) is 65.1 Å². The van der Waals surface area contributed by atoms with Gasteiger partial charge in [-0.2, -0.15) is 0 Å². The summed E-state index contributed by atoms with van der Waals surface area (Å²) in [5, 5.41) is 14.3. The van der Waals surface area contributed by atoms with Crippen molar-refractivity contribution in [2.24, 2.45) is 0 Å². The van der Waals surface area contributed by atoms with E-state index < -0.39 is 11.7 Å². The van der Waals surface area contributed by atoms with Crippen LogP contribution >= 0.6 is 0 Å². The average molecular weight is 339 g/mol. The number of hydrogen-bond acceptors (Lipinski definition) is 4. The maximum Gasteiger partial charge on any atom is 0.260 e. The van der Waals surface area contributed by atoms with Crippen LogP contribution in [0, 0.1) is 0 Å². The summed E-state index contributed by atoms with van der Waals surface area (Å²) in [6.07, 6.45) is -0.672. The molecule has 0 unspecified atom stereocenters. The molecule has 130 valence electrons. The molecule has 5 nitrogen and oxygen atoms in total. The third-order valence-electron chi connectivity index (χ3n) is 3.99. The van der Waals surface area contributed by atoms with Crippen LogP contribution in [0.1, 0.15) is 19.6 Å². The second kappa shape index (κ2) is 6.99. The first-order valence-electron chi connectivity index (χ1n) is 8.16. The zero-order chi connectivity index (χ0) is 17.9. The van der Waals surface area contributed by atoms with E-state index in [1.54, 1.807) is 32.0 Å². The Morgan fingerprint density at radius 2 is 1.88 bits per heavy atom. The summed E-state index contributed by atoms with van der Waals surface area (Å²) in [4.78, 5) is 12.2. The second-order valence-electron chi connectivity index (χ2n) is 6.21. The number of aliphatic hydroxyl groups is 1. The molecule has 2 N–H and O–H groups in total. The van der Waals surface area contributed by atoms with Crippen LogP contribution in [0.2, 0.25) is 0 Å². The van der Waals surface area contributed by atoms with Gasteiger partial charge < -0.3 is 19.6 Å². The number of benzene rings is 2. The Kier molecular flexibility index (Phi) is 4.76. The quantitative estimate of drug-likeness (QED) is 0.723. The van der Waals surface area contributed by atoms with E-state index in [2.05, 4.69) is 5.32 Å². The molecule has 1 amide bonds. The Morgan fingerprint density at radius 1 is 1.20 bits per heavy atom. The van der Waals surface area contributed by atoms with Crippen molar-refractivity contribution in [1.82, 2.24) is 5.32 Å². The fourth-order valence-electron chi connectivity index (χ4n) is 2.49. The van der Waals surface area contributed by atoms with Crippen molar-refractivity contribution in [3.63, 3.8) is 0 Å². The van der Waals surface area contributed by atoms with Gasteiger partial charge in [0.25, 0.3) is 5.91 Å². The molecule has 0 radical (unpaired) electrons. The number of nitrogens with one attached hydrogen (secondary N) is 1. The summed E-state index contributed by atoms with van der Waals surface area (Å²) in [6, 6.07) is 18.4. The molecule has 0 aliphatic heterocycles. The highest BCUT2D eigenvalue weighted by Crippen LogP contribution is 2.27. The number of rotatable bonds is 6. The number of fused-ring (bicyclic) bond motifs is 1. The van der Waals surface area contributed by atoms with E-state index in [1.165, 1.54) is 0 Å². The van der Waals surface area contributed by atoms with Crippen molar-refractivity contribution in [2.75, 3.05) is 6.54 Å². The summed E-state index contributed by atoms with van der Waals surface area (Å²) in [5.74, 6) is 0.722. The fraction of sp³-hybridized carbons (Fsp3) is 0.250. The molecule has 1 aromatic heterocycles. The molecule has 0 saturated heterocycles.